The first-order valence-electron chi connectivity index (χ1n) is 9.93. The minimum atomic E-state index is -4.36. The molecule has 29 heavy (non-hydrogen) atoms. The predicted octanol–water partition coefficient (Wildman–Crippen LogP) is 3.93. The molecule has 1 atom stereocenters. The highest BCUT2D eigenvalue weighted by Gasteiger charge is 2.30. The Morgan fingerprint density at radius 3 is 2.62 bits per heavy atom. The quantitative estimate of drug-likeness (QED) is 0.335. The second kappa shape index (κ2) is 11.2. The van der Waals surface area contributed by atoms with Crippen molar-refractivity contribution in [1.82, 2.24) is 15.5 Å². The number of alkyl halides is 3. The molecule has 2 N–H and O–H groups in total. The van der Waals surface area contributed by atoms with Crippen molar-refractivity contribution < 1.29 is 17.9 Å². The molecule has 9 heteroatoms. The molecule has 1 aliphatic carbocycles. The molecule has 5 nitrogen and oxygen atoms in total. The van der Waals surface area contributed by atoms with E-state index in [0.29, 0.717) is 24.1 Å². The summed E-state index contributed by atoms with van der Waals surface area (Å²) in [4.78, 5) is 6.83. The van der Waals surface area contributed by atoms with E-state index in [-0.39, 0.29) is 29.7 Å². The number of hydrogen-bond donors (Lipinski definition) is 2. The maximum absolute atomic E-state index is 12.4. The smallest absolute Gasteiger partial charge is 0.422 e. The molecule has 2 aliphatic rings. The van der Waals surface area contributed by atoms with Crippen LogP contribution in [0.2, 0.25) is 0 Å². The SMILES string of the molecule is CN=C(NCc1ccccc1OCC(F)(F)F)NC1CCN(C2CCCC2)C1.I. The lowest BCUT2D eigenvalue weighted by Gasteiger charge is -2.24. The zero-order valence-corrected chi connectivity index (χ0v) is 19.0. The zero-order chi connectivity index (χ0) is 20.0. The molecule has 0 spiro atoms. The fourth-order valence-electron chi connectivity index (χ4n) is 4.02. The summed E-state index contributed by atoms with van der Waals surface area (Å²) in [6.07, 6.45) is 1.98. The Balaban J connectivity index is 0.00000300. The fourth-order valence-corrected chi connectivity index (χ4v) is 4.02. The third-order valence-corrected chi connectivity index (χ3v) is 5.44. The molecule has 1 aromatic carbocycles. The van der Waals surface area contributed by atoms with Crippen molar-refractivity contribution in [2.75, 3.05) is 26.7 Å². The Hall–Kier alpha value is -1.23. The topological polar surface area (TPSA) is 48.9 Å². The van der Waals surface area contributed by atoms with E-state index in [1.807, 2.05) is 0 Å². The second-order valence-corrected chi connectivity index (χ2v) is 7.50. The fraction of sp³-hybridized carbons (Fsp3) is 0.650. The number of nitrogens with zero attached hydrogens (tertiary/aromatic N) is 2. The largest absolute Gasteiger partial charge is 0.484 e. The molecular weight excluding hydrogens is 496 g/mol. The van der Waals surface area contributed by atoms with Crippen LogP contribution in [0.4, 0.5) is 13.2 Å². The zero-order valence-electron chi connectivity index (χ0n) is 16.7. The van der Waals surface area contributed by atoms with Crippen LogP contribution in [0, 0.1) is 0 Å². The molecule has 164 valence electrons. The molecule has 0 bridgehead atoms. The van der Waals surface area contributed by atoms with Crippen molar-refractivity contribution in [1.29, 1.82) is 0 Å². The number of nitrogens with one attached hydrogen (secondary N) is 2. The number of ether oxygens (including phenoxy) is 1. The van der Waals surface area contributed by atoms with Gasteiger partial charge in [0.05, 0.1) is 0 Å². The number of rotatable bonds is 6. The van der Waals surface area contributed by atoms with Gasteiger partial charge in [-0.15, -0.1) is 24.0 Å². The van der Waals surface area contributed by atoms with Crippen molar-refractivity contribution in [3.8, 4) is 5.75 Å². The summed E-state index contributed by atoms with van der Waals surface area (Å²) in [5.74, 6) is 0.889. The maximum atomic E-state index is 12.4. The summed E-state index contributed by atoms with van der Waals surface area (Å²) in [5, 5.41) is 6.64. The lowest BCUT2D eigenvalue weighted by Crippen LogP contribution is -2.45. The van der Waals surface area contributed by atoms with Gasteiger partial charge in [0.2, 0.25) is 0 Å². The van der Waals surface area contributed by atoms with Gasteiger partial charge in [-0.2, -0.15) is 13.2 Å². The predicted molar refractivity (Wildman–Crippen MR) is 119 cm³/mol. The van der Waals surface area contributed by atoms with Gasteiger partial charge in [-0.1, -0.05) is 31.0 Å². The Labute approximate surface area is 187 Å². The van der Waals surface area contributed by atoms with Crippen molar-refractivity contribution in [3.63, 3.8) is 0 Å². The first-order chi connectivity index (χ1) is 13.4. The van der Waals surface area contributed by atoms with E-state index in [0.717, 1.165) is 25.6 Å². The molecule has 2 fully saturated rings. The normalized spacial score (nSPS) is 21.1. The van der Waals surface area contributed by atoms with Crippen molar-refractivity contribution in [2.45, 2.75) is 56.9 Å². The van der Waals surface area contributed by atoms with Crippen LogP contribution in [-0.2, 0) is 6.54 Å². The van der Waals surface area contributed by atoms with E-state index < -0.39 is 12.8 Å². The molecule has 1 heterocycles. The molecule has 3 rings (SSSR count). The van der Waals surface area contributed by atoms with Gasteiger partial charge in [0.25, 0.3) is 0 Å². The van der Waals surface area contributed by atoms with E-state index in [1.54, 1.807) is 31.3 Å². The molecule has 1 saturated carbocycles. The molecule has 1 aromatic rings. The monoisotopic (exact) mass is 526 g/mol. The van der Waals surface area contributed by atoms with Gasteiger partial charge in [-0.3, -0.25) is 9.89 Å². The van der Waals surface area contributed by atoms with Crippen molar-refractivity contribution in [2.24, 2.45) is 4.99 Å². The van der Waals surface area contributed by atoms with Gasteiger partial charge < -0.3 is 15.4 Å². The van der Waals surface area contributed by atoms with Gasteiger partial charge in [-0.25, -0.2) is 0 Å². The second-order valence-electron chi connectivity index (χ2n) is 7.50. The third-order valence-electron chi connectivity index (χ3n) is 5.44. The minimum absolute atomic E-state index is 0. The Morgan fingerprint density at radius 1 is 1.21 bits per heavy atom. The summed E-state index contributed by atoms with van der Waals surface area (Å²) in [6, 6.07) is 7.81. The van der Waals surface area contributed by atoms with Crippen LogP contribution in [0.25, 0.3) is 0 Å². The van der Waals surface area contributed by atoms with Crippen LogP contribution < -0.4 is 15.4 Å². The van der Waals surface area contributed by atoms with E-state index >= 15 is 0 Å². The Bertz CT molecular complexity index is 665. The standard InChI is InChI=1S/C20H29F3N4O.HI/c1-24-19(26-16-10-11-27(13-16)17-7-3-4-8-17)25-12-15-6-2-5-9-18(15)28-14-20(21,22)23;/h2,5-6,9,16-17H,3-4,7-8,10-14H2,1H3,(H2,24,25,26);1H. The van der Waals surface area contributed by atoms with Gasteiger partial charge in [0.1, 0.15) is 5.75 Å². The average Bonchev–Trinajstić information content (AvgIpc) is 3.35. The number of benzene rings is 1. The van der Waals surface area contributed by atoms with Crippen LogP contribution in [0.15, 0.2) is 29.3 Å². The minimum Gasteiger partial charge on any atom is -0.484 e. The van der Waals surface area contributed by atoms with Crippen LogP contribution in [0.3, 0.4) is 0 Å². The maximum Gasteiger partial charge on any atom is 0.422 e. The van der Waals surface area contributed by atoms with Gasteiger partial charge in [0, 0.05) is 44.3 Å². The van der Waals surface area contributed by atoms with Crippen molar-refractivity contribution >= 4 is 29.9 Å². The molecular formula is C20H30F3IN4O. The molecule has 0 radical (unpaired) electrons. The summed E-state index contributed by atoms with van der Waals surface area (Å²) in [7, 11) is 1.70. The summed E-state index contributed by atoms with van der Waals surface area (Å²) < 4.78 is 42.3. The Morgan fingerprint density at radius 2 is 1.93 bits per heavy atom. The van der Waals surface area contributed by atoms with E-state index in [9.17, 15) is 13.2 Å². The summed E-state index contributed by atoms with van der Waals surface area (Å²) >= 11 is 0. The highest BCUT2D eigenvalue weighted by molar-refractivity contribution is 14.0. The Kier molecular flexibility index (Phi) is 9.32. The number of likely N-dealkylation sites (tertiary alicyclic amines) is 1. The molecule has 1 aliphatic heterocycles. The van der Waals surface area contributed by atoms with E-state index in [2.05, 4.69) is 20.5 Å². The average molecular weight is 526 g/mol. The third kappa shape index (κ3) is 7.51. The molecule has 1 saturated heterocycles. The molecule has 0 aromatic heterocycles. The van der Waals surface area contributed by atoms with Crippen LogP contribution >= 0.6 is 24.0 Å². The number of para-hydroxylation sites is 1. The lowest BCUT2D eigenvalue weighted by atomic mass is 10.2. The van der Waals surface area contributed by atoms with Crippen LogP contribution in [-0.4, -0.2) is 55.9 Å². The molecule has 1 unspecified atom stereocenters. The lowest BCUT2D eigenvalue weighted by molar-refractivity contribution is -0.153. The molecule has 0 amide bonds. The first kappa shape index (κ1) is 24.0. The van der Waals surface area contributed by atoms with E-state index in [4.69, 9.17) is 4.74 Å². The number of aliphatic imine (C=N–C) groups is 1. The highest BCUT2D eigenvalue weighted by Crippen LogP contribution is 2.26. The van der Waals surface area contributed by atoms with Gasteiger partial charge >= 0.3 is 6.18 Å². The summed E-state index contributed by atoms with van der Waals surface area (Å²) in [6.45, 7) is 1.16. The number of halogens is 4. The van der Waals surface area contributed by atoms with Gasteiger partial charge in [-0.05, 0) is 25.3 Å². The van der Waals surface area contributed by atoms with Crippen LogP contribution in [0.1, 0.15) is 37.7 Å². The highest BCUT2D eigenvalue weighted by atomic mass is 127. The van der Waals surface area contributed by atoms with Crippen molar-refractivity contribution in [3.05, 3.63) is 29.8 Å². The number of guanidine groups is 1. The van der Waals surface area contributed by atoms with E-state index in [1.165, 1.54) is 25.7 Å². The van der Waals surface area contributed by atoms with Crippen LogP contribution in [0.5, 0.6) is 5.75 Å². The van der Waals surface area contributed by atoms with Gasteiger partial charge in [0.15, 0.2) is 12.6 Å². The summed E-state index contributed by atoms with van der Waals surface area (Å²) in [5.41, 5.74) is 0.661. The first-order valence-corrected chi connectivity index (χ1v) is 9.93. The number of hydrogen-bond acceptors (Lipinski definition) is 3.